The fraction of sp³-hybridized carbons (Fsp3) is 0.304. The minimum atomic E-state index is -1.29. The van der Waals surface area contributed by atoms with Crippen molar-refractivity contribution in [2.45, 2.75) is 31.0 Å². The SMILES string of the molecule is C#CCOc1ccc(Cc2cn([C@@H]3OC[C@@H](O)[C@H](O)[C@H]3O)c3cccc(Cl)c23)cc1. The Labute approximate surface area is 179 Å². The van der Waals surface area contributed by atoms with E-state index in [1.165, 1.54) is 0 Å². The van der Waals surface area contributed by atoms with Crippen LogP contribution in [0.5, 0.6) is 5.75 Å². The maximum atomic E-state index is 10.5. The van der Waals surface area contributed by atoms with Gasteiger partial charge in [0.25, 0.3) is 0 Å². The van der Waals surface area contributed by atoms with Gasteiger partial charge in [0.05, 0.1) is 17.1 Å². The molecule has 1 aromatic heterocycles. The number of aliphatic hydroxyl groups is 3. The third-order valence-electron chi connectivity index (χ3n) is 5.27. The standard InChI is InChI=1S/C23H22ClNO5/c1-2-10-29-16-8-6-14(7-9-16)11-15-12-25(18-5-3-4-17(24)20(15)18)23-22(28)21(27)19(26)13-30-23/h1,3-9,12,19,21-23,26-28H,10-11,13H2/t19-,21+,22-,23-/m1/s1. The van der Waals surface area contributed by atoms with Crippen molar-refractivity contribution in [3.05, 3.63) is 64.8 Å². The molecule has 1 saturated heterocycles. The van der Waals surface area contributed by atoms with Gasteiger partial charge in [0, 0.05) is 11.6 Å². The summed E-state index contributed by atoms with van der Waals surface area (Å²) in [6.07, 6.45) is 3.15. The second-order valence-electron chi connectivity index (χ2n) is 7.28. The van der Waals surface area contributed by atoms with Crippen LogP contribution in [0, 0.1) is 12.3 Å². The number of terminal acetylenes is 1. The van der Waals surface area contributed by atoms with Crippen molar-refractivity contribution in [2.24, 2.45) is 0 Å². The number of aliphatic hydroxyl groups excluding tert-OH is 3. The Kier molecular flexibility index (Phi) is 6.00. The van der Waals surface area contributed by atoms with Crippen LogP contribution in [0.25, 0.3) is 10.9 Å². The van der Waals surface area contributed by atoms with E-state index in [1.807, 2.05) is 48.7 Å². The first kappa shape index (κ1) is 20.7. The van der Waals surface area contributed by atoms with Crippen LogP contribution in [-0.4, -0.2) is 51.4 Å². The molecule has 2 aromatic carbocycles. The number of aromatic nitrogens is 1. The fourth-order valence-corrected chi connectivity index (χ4v) is 4.07. The highest BCUT2D eigenvalue weighted by molar-refractivity contribution is 6.35. The van der Waals surface area contributed by atoms with Crippen LogP contribution in [0.4, 0.5) is 0 Å². The summed E-state index contributed by atoms with van der Waals surface area (Å²) in [6, 6.07) is 13.2. The van der Waals surface area contributed by atoms with Gasteiger partial charge in [-0.25, -0.2) is 0 Å². The van der Waals surface area contributed by atoms with E-state index in [0.29, 0.717) is 17.2 Å². The number of hydrogen-bond donors (Lipinski definition) is 3. The zero-order valence-corrected chi connectivity index (χ0v) is 16.9. The predicted octanol–water partition coefficient (Wildman–Crippen LogP) is 2.51. The van der Waals surface area contributed by atoms with E-state index >= 15 is 0 Å². The van der Waals surface area contributed by atoms with Crippen LogP contribution < -0.4 is 4.74 Å². The summed E-state index contributed by atoms with van der Waals surface area (Å²) in [5.74, 6) is 3.13. The van der Waals surface area contributed by atoms with Crippen molar-refractivity contribution in [1.82, 2.24) is 4.57 Å². The second-order valence-corrected chi connectivity index (χ2v) is 7.69. The highest BCUT2D eigenvalue weighted by Gasteiger charge is 2.39. The van der Waals surface area contributed by atoms with Crippen LogP contribution in [0.3, 0.4) is 0 Å². The molecule has 0 unspecified atom stereocenters. The topological polar surface area (TPSA) is 84.1 Å². The van der Waals surface area contributed by atoms with E-state index in [9.17, 15) is 15.3 Å². The van der Waals surface area contributed by atoms with Gasteiger partial charge in [0.15, 0.2) is 6.23 Å². The van der Waals surface area contributed by atoms with E-state index in [4.69, 9.17) is 27.5 Å². The lowest BCUT2D eigenvalue weighted by molar-refractivity contribution is -0.209. The molecule has 2 heterocycles. The van der Waals surface area contributed by atoms with E-state index in [0.717, 1.165) is 22.0 Å². The number of fused-ring (bicyclic) bond motifs is 1. The summed E-state index contributed by atoms with van der Waals surface area (Å²) in [5, 5.41) is 31.8. The quantitative estimate of drug-likeness (QED) is 0.545. The van der Waals surface area contributed by atoms with Crippen LogP contribution in [0.1, 0.15) is 17.4 Å². The third kappa shape index (κ3) is 3.91. The Hall–Kier alpha value is -2.53. The monoisotopic (exact) mass is 427 g/mol. The molecule has 0 saturated carbocycles. The number of benzene rings is 2. The summed E-state index contributed by atoms with van der Waals surface area (Å²) < 4.78 is 12.8. The van der Waals surface area contributed by atoms with Crippen LogP contribution >= 0.6 is 11.6 Å². The molecule has 4 rings (SSSR count). The van der Waals surface area contributed by atoms with Gasteiger partial charge < -0.3 is 29.4 Å². The molecule has 7 heteroatoms. The first-order valence-electron chi connectivity index (χ1n) is 9.58. The molecule has 0 spiro atoms. The van der Waals surface area contributed by atoms with E-state index in [1.54, 1.807) is 4.57 Å². The molecule has 0 bridgehead atoms. The molecular weight excluding hydrogens is 406 g/mol. The van der Waals surface area contributed by atoms with Crippen molar-refractivity contribution in [3.63, 3.8) is 0 Å². The van der Waals surface area contributed by atoms with Gasteiger partial charge >= 0.3 is 0 Å². The summed E-state index contributed by atoms with van der Waals surface area (Å²) in [5.41, 5.74) is 2.77. The lowest BCUT2D eigenvalue weighted by Crippen LogP contribution is -2.50. The molecule has 0 aliphatic carbocycles. The molecule has 6 nitrogen and oxygen atoms in total. The van der Waals surface area contributed by atoms with Crippen LogP contribution in [0.15, 0.2) is 48.7 Å². The summed E-state index contributed by atoms with van der Waals surface area (Å²) in [6.45, 7) is 0.143. The van der Waals surface area contributed by atoms with E-state index in [-0.39, 0.29) is 13.2 Å². The Morgan fingerprint density at radius 1 is 1.13 bits per heavy atom. The highest BCUT2D eigenvalue weighted by atomic mass is 35.5. The van der Waals surface area contributed by atoms with Crippen LogP contribution in [-0.2, 0) is 11.2 Å². The molecule has 1 aliphatic rings. The van der Waals surface area contributed by atoms with Gasteiger partial charge in [-0.05, 0) is 41.8 Å². The fourth-order valence-electron chi connectivity index (χ4n) is 3.78. The van der Waals surface area contributed by atoms with Crippen molar-refractivity contribution < 1.29 is 24.8 Å². The Balaban J connectivity index is 1.68. The lowest BCUT2D eigenvalue weighted by Gasteiger charge is -2.36. The largest absolute Gasteiger partial charge is 0.481 e. The van der Waals surface area contributed by atoms with Gasteiger partial charge in [-0.1, -0.05) is 35.7 Å². The normalized spacial score (nSPS) is 24.0. The summed E-state index contributed by atoms with van der Waals surface area (Å²) in [4.78, 5) is 0. The smallest absolute Gasteiger partial charge is 0.162 e. The average molecular weight is 428 g/mol. The van der Waals surface area contributed by atoms with Crippen molar-refractivity contribution in [1.29, 1.82) is 0 Å². The molecule has 0 radical (unpaired) electrons. The first-order valence-corrected chi connectivity index (χ1v) is 9.96. The average Bonchev–Trinajstić information content (AvgIpc) is 3.11. The van der Waals surface area contributed by atoms with Crippen LogP contribution in [0.2, 0.25) is 5.02 Å². The molecule has 1 aliphatic heterocycles. The molecular formula is C23H22ClNO5. The minimum Gasteiger partial charge on any atom is -0.481 e. The maximum Gasteiger partial charge on any atom is 0.162 e. The number of halogens is 1. The van der Waals surface area contributed by atoms with Gasteiger partial charge in [-0.2, -0.15) is 0 Å². The Morgan fingerprint density at radius 2 is 1.90 bits per heavy atom. The van der Waals surface area contributed by atoms with Gasteiger partial charge in [0.1, 0.15) is 30.7 Å². The third-order valence-corrected chi connectivity index (χ3v) is 5.59. The van der Waals surface area contributed by atoms with Crippen molar-refractivity contribution in [3.8, 4) is 18.1 Å². The number of rotatable bonds is 5. The van der Waals surface area contributed by atoms with Crippen molar-refractivity contribution >= 4 is 22.5 Å². The molecule has 30 heavy (non-hydrogen) atoms. The molecule has 3 N–H and O–H groups in total. The minimum absolute atomic E-state index is 0.0718. The summed E-state index contributed by atoms with van der Waals surface area (Å²) in [7, 11) is 0. The Morgan fingerprint density at radius 3 is 2.63 bits per heavy atom. The number of hydrogen-bond acceptors (Lipinski definition) is 5. The zero-order valence-electron chi connectivity index (χ0n) is 16.1. The molecule has 3 aromatic rings. The predicted molar refractivity (Wildman–Crippen MR) is 114 cm³/mol. The van der Waals surface area contributed by atoms with Gasteiger partial charge in [-0.15, -0.1) is 6.42 Å². The second kappa shape index (κ2) is 8.68. The van der Waals surface area contributed by atoms with E-state index < -0.39 is 24.5 Å². The Bertz CT molecular complexity index is 1070. The zero-order chi connectivity index (χ0) is 21.3. The highest BCUT2D eigenvalue weighted by Crippen LogP contribution is 2.35. The van der Waals surface area contributed by atoms with E-state index in [2.05, 4.69) is 5.92 Å². The van der Waals surface area contributed by atoms with Gasteiger partial charge in [0.2, 0.25) is 0 Å². The van der Waals surface area contributed by atoms with Crippen molar-refractivity contribution in [2.75, 3.05) is 13.2 Å². The molecule has 156 valence electrons. The summed E-state index contributed by atoms with van der Waals surface area (Å²) >= 11 is 6.51. The maximum absolute atomic E-state index is 10.5. The molecule has 1 fully saturated rings. The lowest BCUT2D eigenvalue weighted by atomic mass is 10.0. The molecule has 0 amide bonds. The number of nitrogens with zero attached hydrogens (tertiary/aromatic N) is 1. The first-order chi connectivity index (χ1) is 14.5. The number of ether oxygens (including phenoxy) is 2. The van der Waals surface area contributed by atoms with Gasteiger partial charge in [-0.3, -0.25) is 0 Å². The molecule has 4 atom stereocenters.